The van der Waals surface area contributed by atoms with Gasteiger partial charge in [0.15, 0.2) is 17.3 Å². The Labute approximate surface area is 137 Å². The van der Waals surface area contributed by atoms with E-state index in [1.165, 1.54) is 11.3 Å². The molecule has 8 heteroatoms. The molecule has 0 spiro atoms. The van der Waals surface area contributed by atoms with Crippen molar-refractivity contribution >= 4 is 16.3 Å². The predicted octanol–water partition coefficient (Wildman–Crippen LogP) is 1.98. The van der Waals surface area contributed by atoms with Crippen LogP contribution in [0, 0.1) is 0 Å². The summed E-state index contributed by atoms with van der Waals surface area (Å²) in [6.07, 6.45) is 1.40. The summed E-state index contributed by atoms with van der Waals surface area (Å²) in [6.45, 7) is 0.601. The highest BCUT2D eigenvalue weighted by Crippen LogP contribution is 2.29. The number of nitrogens with zero attached hydrogens (tertiary/aromatic N) is 4. The summed E-state index contributed by atoms with van der Waals surface area (Å²) in [5.74, 6) is 2.25. The van der Waals surface area contributed by atoms with Gasteiger partial charge in [-0.05, 0) is 17.7 Å². The molecule has 3 aromatic rings. The molecule has 0 amide bonds. The number of hydrogen-bond donors (Lipinski definition) is 0. The minimum atomic E-state index is 0.601. The maximum Gasteiger partial charge on any atom is 0.234 e. The summed E-state index contributed by atoms with van der Waals surface area (Å²) in [4.78, 5) is 0.798. The largest absolute Gasteiger partial charge is 0.493 e. The van der Waals surface area contributed by atoms with E-state index < -0.39 is 0 Å². The second kappa shape index (κ2) is 6.93. The fraction of sp³-hybridized carbons (Fsp3) is 0.400. The summed E-state index contributed by atoms with van der Waals surface area (Å²) in [6, 6.07) is 5.88. The lowest BCUT2D eigenvalue weighted by atomic mass is 10.1. The van der Waals surface area contributed by atoms with Gasteiger partial charge in [-0.25, -0.2) is 0 Å². The average molecular weight is 334 g/mol. The Morgan fingerprint density at radius 3 is 2.65 bits per heavy atom. The Balaban J connectivity index is 1.82. The highest BCUT2D eigenvalue weighted by molar-refractivity contribution is 7.16. The summed E-state index contributed by atoms with van der Waals surface area (Å²) in [5, 5.41) is 13.9. The second-order valence-electron chi connectivity index (χ2n) is 4.92. The minimum Gasteiger partial charge on any atom is -0.493 e. The molecule has 7 nitrogen and oxygen atoms in total. The van der Waals surface area contributed by atoms with Crippen LogP contribution in [0.3, 0.4) is 0 Å². The highest BCUT2D eigenvalue weighted by Gasteiger charge is 2.13. The molecule has 0 saturated carbocycles. The molecule has 0 aliphatic carbocycles. The summed E-state index contributed by atoms with van der Waals surface area (Å²) >= 11 is 1.54. The van der Waals surface area contributed by atoms with Crippen molar-refractivity contribution in [3.8, 4) is 11.5 Å². The van der Waals surface area contributed by atoms with Crippen LogP contribution in [0.1, 0.15) is 16.4 Å². The zero-order valence-electron chi connectivity index (χ0n) is 13.3. The molecule has 0 fully saturated rings. The van der Waals surface area contributed by atoms with Crippen LogP contribution in [-0.2, 0) is 17.6 Å². The van der Waals surface area contributed by atoms with Crippen LogP contribution in [-0.4, -0.2) is 47.7 Å². The molecule has 0 bridgehead atoms. The molecule has 1 aromatic carbocycles. The maximum atomic E-state index is 5.34. The Bertz CT molecular complexity index is 799. The molecule has 0 unspecified atom stereocenters. The zero-order valence-corrected chi connectivity index (χ0v) is 14.1. The molecular weight excluding hydrogens is 316 g/mol. The smallest absolute Gasteiger partial charge is 0.234 e. The third kappa shape index (κ3) is 3.27. The highest BCUT2D eigenvalue weighted by atomic mass is 32.1. The number of rotatable bonds is 7. The van der Waals surface area contributed by atoms with Crippen LogP contribution < -0.4 is 9.47 Å². The van der Waals surface area contributed by atoms with Crippen LogP contribution in [0.4, 0.5) is 0 Å². The van der Waals surface area contributed by atoms with Crippen molar-refractivity contribution in [1.82, 2.24) is 19.8 Å². The van der Waals surface area contributed by atoms with Crippen LogP contribution in [0.25, 0.3) is 4.96 Å². The fourth-order valence-electron chi connectivity index (χ4n) is 2.28. The quantitative estimate of drug-likeness (QED) is 0.658. The first-order valence-corrected chi connectivity index (χ1v) is 7.96. The first kappa shape index (κ1) is 15.7. The molecule has 2 aromatic heterocycles. The number of aromatic nitrogens is 4. The van der Waals surface area contributed by atoms with Gasteiger partial charge in [-0.2, -0.15) is 9.61 Å². The molecule has 122 valence electrons. The molecule has 23 heavy (non-hydrogen) atoms. The Hall–Kier alpha value is -2.19. The van der Waals surface area contributed by atoms with Gasteiger partial charge < -0.3 is 14.2 Å². The molecule has 0 N–H and O–H groups in total. The minimum absolute atomic E-state index is 0.601. The normalized spacial score (nSPS) is 11.1. The van der Waals surface area contributed by atoms with E-state index in [9.17, 15) is 0 Å². The monoisotopic (exact) mass is 334 g/mol. The lowest BCUT2D eigenvalue weighted by molar-refractivity contribution is 0.200. The number of benzene rings is 1. The SMILES string of the molecule is COCCc1nnc2sc(Cc3ccc(OC)c(OC)c3)nn12. The number of hydrogen-bond acceptors (Lipinski definition) is 7. The van der Waals surface area contributed by atoms with Crippen molar-refractivity contribution in [2.45, 2.75) is 12.8 Å². The van der Waals surface area contributed by atoms with E-state index >= 15 is 0 Å². The van der Waals surface area contributed by atoms with Gasteiger partial charge >= 0.3 is 0 Å². The van der Waals surface area contributed by atoms with Crippen molar-refractivity contribution in [2.75, 3.05) is 27.9 Å². The second-order valence-corrected chi connectivity index (χ2v) is 5.96. The molecule has 3 rings (SSSR count). The van der Waals surface area contributed by atoms with Gasteiger partial charge in [-0.3, -0.25) is 0 Å². The van der Waals surface area contributed by atoms with Crippen molar-refractivity contribution in [2.24, 2.45) is 0 Å². The van der Waals surface area contributed by atoms with Crippen molar-refractivity contribution in [1.29, 1.82) is 0 Å². The topological polar surface area (TPSA) is 70.8 Å². The first-order valence-electron chi connectivity index (χ1n) is 7.15. The summed E-state index contributed by atoms with van der Waals surface area (Å²) < 4.78 is 17.5. The summed E-state index contributed by atoms with van der Waals surface area (Å²) in [5.41, 5.74) is 1.10. The van der Waals surface area contributed by atoms with Crippen molar-refractivity contribution < 1.29 is 14.2 Å². The molecule has 0 saturated heterocycles. The Morgan fingerprint density at radius 2 is 1.91 bits per heavy atom. The van der Waals surface area contributed by atoms with Crippen molar-refractivity contribution in [3.05, 3.63) is 34.6 Å². The maximum absolute atomic E-state index is 5.34. The van der Waals surface area contributed by atoms with E-state index in [1.807, 2.05) is 18.2 Å². The lowest BCUT2D eigenvalue weighted by Crippen LogP contribution is -2.02. The van der Waals surface area contributed by atoms with Gasteiger partial charge in [0.1, 0.15) is 5.01 Å². The zero-order chi connectivity index (χ0) is 16.2. The first-order chi connectivity index (χ1) is 11.2. The molecule has 2 heterocycles. The van der Waals surface area contributed by atoms with Gasteiger partial charge in [0.05, 0.1) is 20.8 Å². The summed E-state index contributed by atoms with van der Waals surface area (Å²) in [7, 11) is 4.93. The average Bonchev–Trinajstić information content (AvgIpc) is 3.13. The van der Waals surface area contributed by atoms with Gasteiger partial charge in [0.25, 0.3) is 0 Å². The molecule has 0 aliphatic rings. The van der Waals surface area contributed by atoms with Gasteiger partial charge in [0, 0.05) is 20.0 Å². The third-order valence-electron chi connectivity index (χ3n) is 3.43. The number of fused-ring (bicyclic) bond motifs is 1. The van der Waals surface area contributed by atoms with E-state index in [0.717, 1.165) is 27.1 Å². The van der Waals surface area contributed by atoms with Gasteiger partial charge in [0.2, 0.25) is 4.96 Å². The van der Waals surface area contributed by atoms with Crippen LogP contribution in [0.5, 0.6) is 11.5 Å². The van der Waals surface area contributed by atoms with Crippen LogP contribution in [0.2, 0.25) is 0 Å². The van der Waals surface area contributed by atoms with Crippen LogP contribution in [0.15, 0.2) is 18.2 Å². The van der Waals surface area contributed by atoms with Gasteiger partial charge in [-0.1, -0.05) is 17.4 Å². The van der Waals surface area contributed by atoms with E-state index in [0.29, 0.717) is 25.2 Å². The predicted molar refractivity (Wildman–Crippen MR) is 86.6 cm³/mol. The molecule has 0 aliphatic heterocycles. The standard InChI is InChI=1S/C15H18N4O3S/c1-20-7-6-13-16-17-15-19(13)18-14(23-15)9-10-4-5-11(21-2)12(8-10)22-3/h4-5,8H,6-7,9H2,1-3H3. The number of methoxy groups -OCH3 is 3. The Kier molecular flexibility index (Phi) is 4.73. The van der Waals surface area contributed by atoms with Crippen LogP contribution >= 0.6 is 11.3 Å². The fourth-order valence-corrected chi connectivity index (χ4v) is 3.17. The molecular formula is C15H18N4O3S. The van der Waals surface area contributed by atoms with Gasteiger partial charge in [-0.15, -0.1) is 10.2 Å². The number of ether oxygens (including phenoxy) is 3. The van der Waals surface area contributed by atoms with Crippen molar-refractivity contribution in [3.63, 3.8) is 0 Å². The van der Waals surface area contributed by atoms with E-state index in [1.54, 1.807) is 25.8 Å². The van der Waals surface area contributed by atoms with E-state index in [4.69, 9.17) is 14.2 Å². The third-order valence-corrected chi connectivity index (χ3v) is 4.33. The van der Waals surface area contributed by atoms with E-state index in [-0.39, 0.29) is 0 Å². The Morgan fingerprint density at radius 1 is 1.09 bits per heavy atom. The lowest BCUT2D eigenvalue weighted by Gasteiger charge is -2.08. The molecule has 0 radical (unpaired) electrons. The van der Waals surface area contributed by atoms with E-state index in [2.05, 4.69) is 15.3 Å². The molecule has 0 atom stereocenters.